The van der Waals surface area contributed by atoms with Crippen LogP contribution in [0.2, 0.25) is 5.15 Å². The molecule has 2 aromatic heterocycles. The first kappa shape index (κ1) is 14.1. The zero-order valence-electron chi connectivity index (χ0n) is 11.1. The van der Waals surface area contributed by atoms with Gasteiger partial charge < -0.3 is 0 Å². The van der Waals surface area contributed by atoms with Gasteiger partial charge in [-0.15, -0.1) is 0 Å². The van der Waals surface area contributed by atoms with Crippen molar-refractivity contribution in [2.24, 2.45) is 0 Å². The minimum Gasteiger partial charge on any atom is -0.242 e. The molecule has 0 bridgehead atoms. The van der Waals surface area contributed by atoms with Crippen LogP contribution < -0.4 is 0 Å². The second-order valence-corrected chi connectivity index (χ2v) is 6.44. The van der Waals surface area contributed by atoms with Crippen LogP contribution in [0.25, 0.3) is 11.5 Å². The van der Waals surface area contributed by atoms with Gasteiger partial charge in [0.05, 0.1) is 9.26 Å². The van der Waals surface area contributed by atoms with Gasteiger partial charge in [0.1, 0.15) is 16.7 Å². The maximum atomic E-state index is 6.29. The van der Waals surface area contributed by atoms with E-state index in [0.717, 1.165) is 15.0 Å². The van der Waals surface area contributed by atoms with Crippen molar-refractivity contribution in [2.45, 2.75) is 38.5 Å². The van der Waals surface area contributed by atoms with E-state index in [1.807, 2.05) is 13.0 Å². The summed E-state index contributed by atoms with van der Waals surface area (Å²) in [4.78, 5) is 17.6. The Hall–Kier alpha value is -0.820. The van der Waals surface area contributed by atoms with Gasteiger partial charge in [-0.1, -0.05) is 24.4 Å². The number of rotatable bonds is 2. The molecule has 0 radical (unpaired) electrons. The third kappa shape index (κ3) is 2.79. The van der Waals surface area contributed by atoms with Gasteiger partial charge >= 0.3 is 0 Å². The smallest absolute Gasteiger partial charge is 0.180 e. The second kappa shape index (κ2) is 5.89. The van der Waals surface area contributed by atoms with Crippen LogP contribution in [0.3, 0.4) is 0 Å². The Bertz CT molecular complexity index is 641. The van der Waals surface area contributed by atoms with Gasteiger partial charge in [0, 0.05) is 12.1 Å². The van der Waals surface area contributed by atoms with E-state index in [-0.39, 0.29) is 0 Å². The fourth-order valence-electron chi connectivity index (χ4n) is 2.60. The summed E-state index contributed by atoms with van der Waals surface area (Å²) in [5.74, 6) is 1.81. The molecule has 0 saturated heterocycles. The van der Waals surface area contributed by atoms with Gasteiger partial charge in [-0.2, -0.15) is 0 Å². The molecule has 1 aliphatic rings. The molecule has 0 atom stereocenters. The maximum Gasteiger partial charge on any atom is 0.180 e. The first-order chi connectivity index (χ1) is 9.65. The van der Waals surface area contributed by atoms with Crippen molar-refractivity contribution in [1.82, 2.24) is 19.9 Å². The number of hydrogen-bond acceptors (Lipinski definition) is 4. The summed E-state index contributed by atoms with van der Waals surface area (Å²) in [5.41, 5.74) is 1.81. The molecule has 0 spiro atoms. The van der Waals surface area contributed by atoms with Gasteiger partial charge in [-0.05, 0) is 48.4 Å². The minimum atomic E-state index is 0.504. The van der Waals surface area contributed by atoms with E-state index in [0.29, 0.717) is 22.7 Å². The van der Waals surface area contributed by atoms with Gasteiger partial charge in [-0.3, -0.25) is 0 Å². The average Bonchev–Trinajstić information content (AvgIpc) is 2.95. The highest BCUT2D eigenvalue weighted by molar-refractivity contribution is 14.1. The lowest BCUT2D eigenvalue weighted by atomic mass is 10.0. The molecule has 1 fully saturated rings. The van der Waals surface area contributed by atoms with Gasteiger partial charge in [0.25, 0.3) is 0 Å². The van der Waals surface area contributed by atoms with Crippen LogP contribution in [-0.2, 0) is 0 Å². The molecule has 1 aliphatic carbocycles. The summed E-state index contributed by atoms with van der Waals surface area (Å²) in [6.07, 6.45) is 6.63. The van der Waals surface area contributed by atoms with Crippen LogP contribution in [0.4, 0.5) is 0 Å². The summed E-state index contributed by atoms with van der Waals surface area (Å²) in [6, 6.07) is 1.82. The van der Waals surface area contributed by atoms with Gasteiger partial charge in [0.15, 0.2) is 5.82 Å². The lowest BCUT2D eigenvalue weighted by Gasteiger charge is -2.13. The molecular formula is C14H14ClIN4. The van der Waals surface area contributed by atoms with Crippen molar-refractivity contribution in [3.05, 3.63) is 32.5 Å². The Morgan fingerprint density at radius 3 is 2.65 bits per heavy atom. The second-order valence-electron chi connectivity index (χ2n) is 5.01. The van der Waals surface area contributed by atoms with Crippen molar-refractivity contribution in [2.75, 3.05) is 0 Å². The highest BCUT2D eigenvalue weighted by atomic mass is 127. The Morgan fingerprint density at radius 1 is 1.20 bits per heavy atom. The lowest BCUT2D eigenvalue weighted by Crippen LogP contribution is -2.05. The molecule has 3 rings (SSSR count). The van der Waals surface area contributed by atoms with E-state index in [1.165, 1.54) is 25.7 Å². The van der Waals surface area contributed by atoms with E-state index in [9.17, 15) is 0 Å². The van der Waals surface area contributed by atoms with E-state index in [4.69, 9.17) is 16.6 Å². The van der Waals surface area contributed by atoms with Crippen LogP contribution in [-0.4, -0.2) is 19.9 Å². The molecule has 6 heteroatoms. The molecular weight excluding hydrogens is 387 g/mol. The summed E-state index contributed by atoms with van der Waals surface area (Å²) in [5, 5.41) is 0.522. The number of halogens is 2. The maximum absolute atomic E-state index is 6.29. The highest BCUT2D eigenvalue weighted by Crippen LogP contribution is 2.37. The van der Waals surface area contributed by atoms with Crippen LogP contribution >= 0.6 is 34.2 Å². The van der Waals surface area contributed by atoms with Gasteiger partial charge in [-0.25, -0.2) is 19.9 Å². The minimum absolute atomic E-state index is 0.504. The molecule has 2 aromatic rings. The molecule has 1 saturated carbocycles. The fourth-order valence-corrected chi connectivity index (χ4v) is 3.46. The molecule has 20 heavy (non-hydrogen) atoms. The third-order valence-corrected chi connectivity index (χ3v) is 5.24. The number of aromatic nitrogens is 4. The Labute approximate surface area is 136 Å². The SMILES string of the molecule is Cc1nccc(-c2nc(Cl)c(I)c(C3CCCC3)n2)n1. The van der Waals surface area contributed by atoms with Crippen LogP contribution in [0.1, 0.15) is 43.1 Å². The molecule has 2 heterocycles. The normalized spacial score (nSPS) is 15.8. The topological polar surface area (TPSA) is 51.6 Å². The molecule has 0 aliphatic heterocycles. The van der Waals surface area contributed by atoms with Crippen molar-refractivity contribution < 1.29 is 0 Å². The number of aryl methyl sites for hydroxylation is 1. The van der Waals surface area contributed by atoms with Crippen LogP contribution in [0.15, 0.2) is 12.3 Å². The van der Waals surface area contributed by atoms with Crippen molar-refractivity contribution in [1.29, 1.82) is 0 Å². The first-order valence-corrected chi connectivity index (χ1v) is 8.14. The molecule has 104 valence electrons. The third-order valence-electron chi connectivity index (χ3n) is 3.58. The van der Waals surface area contributed by atoms with Crippen molar-refractivity contribution >= 4 is 34.2 Å². The monoisotopic (exact) mass is 400 g/mol. The average molecular weight is 401 g/mol. The molecule has 4 nitrogen and oxygen atoms in total. The summed E-state index contributed by atoms with van der Waals surface area (Å²) in [7, 11) is 0. The van der Waals surface area contributed by atoms with Crippen molar-refractivity contribution in [3.8, 4) is 11.5 Å². The summed E-state index contributed by atoms with van der Waals surface area (Å²) >= 11 is 8.53. The first-order valence-electron chi connectivity index (χ1n) is 6.68. The van der Waals surface area contributed by atoms with E-state index >= 15 is 0 Å². The van der Waals surface area contributed by atoms with Crippen LogP contribution in [0, 0.1) is 10.5 Å². The van der Waals surface area contributed by atoms with E-state index < -0.39 is 0 Å². The zero-order chi connectivity index (χ0) is 14.1. The summed E-state index contributed by atoms with van der Waals surface area (Å²) < 4.78 is 0.977. The molecule has 0 aromatic carbocycles. The standard InChI is InChI=1S/C14H14ClIN4/c1-8-17-7-6-10(18-8)14-19-12(9-4-2-3-5-9)11(16)13(15)20-14/h6-7,9H,2-5H2,1H3. The highest BCUT2D eigenvalue weighted by Gasteiger charge is 2.24. The summed E-state index contributed by atoms with van der Waals surface area (Å²) in [6.45, 7) is 1.86. The number of nitrogens with zero attached hydrogens (tertiary/aromatic N) is 4. The predicted octanol–water partition coefficient (Wildman–Crippen LogP) is 4.16. The van der Waals surface area contributed by atoms with Crippen molar-refractivity contribution in [3.63, 3.8) is 0 Å². The van der Waals surface area contributed by atoms with E-state index in [2.05, 4.69) is 37.5 Å². The van der Waals surface area contributed by atoms with Crippen LogP contribution in [0.5, 0.6) is 0 Å². The predicted molar refractivity (Wildman–Crippen MR) is 86.7 cm³/mol. The van der Waals surface area contributed by atoms with E-state index in [1.54, 1.807) is 6.20 Å². The Balaban J connectivity index is 2.08. The fraction of sp³-hybridized carbons (Fsp3) is 0.429. The molecule has 0 N–H and O–H groups in total. The molecule has 0 amide bonds. The largest absolute Gasteiger partial charge is 0.242 e. The van der Waals surface area contributed by atoms with Gasteiger partial charge in [0.2, 0.25) is 0 Å². The quantitative estimate of drug-likeness (QED) is 0.561. The molecule has 0 unspecified atom stereocenters. The zero-order valence-corrected chi connectivity index (χ0v) is 14.0. The Morgan fingerprint density at radius 2 is 1.95 bits per heavy atom. The lowest BCUT2D eigenvalue weighted by molar-refractivity contribution is 0.690. The number of hydrogen-bond donors (Lipinski definition) is 0. The Kier molecular flexibility index (Phi) is 4.16.